The largest absolute Gasteiger partial charge is 0.396 e. The second-order valence-corrected chi connectivity index (χ2v) is 9.19. The quantitative estimate of drug-likeness (QED) is 0.753. The molecule has 2 amide bonds. The molecule has 0 radical (unpaired) electrons. The molecule has 1 aromatic rings. The number of pyridine rings is 1. The van der Waals surface area contributed by atoms with E-state index in [-0.39, 0.29) is 30.0 Å². The normalized spacial score (nSPS) is 28.0. The minimum atomic E-state index is -0.566. The van der Waals surface area contributed by atoms with Crippen LogP contribution in [0, 0.1) is 17.8 Å². The molecule has 4 atom stereocenters. The van der Waals surface area contributed by atoms with Crippen molar-refractivity contribution in [1.82, 2.24) is 14.8 Å². The summed E-state index contributed by atoms with van der Waals surface area (Å²) < 4.78 is 1.70. The van der Waals surface area contributed by atoms with Gasteiger partial charge in [-0.15, -0.1) is 0 Å². The van der Waals surface area contributed by atoms with Gasteiger partial charge in [0.1, 0.15) is 0 Å². The van der Waals surface area contributed by atoms with Crippen molar-refractivity contribution in [2.45, 2.75) is 64.6 Å². The monoisotopic (exact) mass is 427 g/mol. The summed E-state index contributed by atoms with van der Waals surface area (Å²) in [6, 6.07) is 2.71. The number of amides is 2. The number of rotatable bonds is 5. The molecule has 3 aliphatic rings. The zero-order valence-corrected chi connectivity index (χ0v) is 18.4. The molecule has 168 valence electrons. The maximum absolute atomic E-state index is 13.4. The molecule has 2 aliphatic heterocycles. The maximum Gasteiger partial charge on any atom is 0.258 e. The Hall–Kier alpha value is -2.41. The van der Waals surface area contributed by atoms with Crippen LogP contribution in [0.3, 0.4) is 0 Å². The van der Waals surface area contributed by atoms with E-state index in [1.807, 2.05) is 19.1 Å². The zero-order chi connectivity index (χ0) is 22.1. The van der Waals surface area contributed by atoms with Crippen molar-refractivity contribution in [3.8, 4) is 0 Å². The number of nitrogens with one attached hydrogen (secondary N) is 1. The van der Waals surface area contributed by atoms with Crippen LogP contribution in [-0.4, -0.2) is 45.6 Å². The van der Waals surface area contributed by atoms with Crippen molar-refractivity contribution < 1.29 is 14.7 Å². The number of carbonyl (C=O) groups excluding carboxylic acids is 2. The minimum Gasteiger partial charge on any atom is -0.396 e. The van der Waals surface area contributed by atoms with Crippen molar-refractivity contribution >= 4 is 17.9 Å². The minimum absolute atomic E-state index is 0.117. The molecule has 0 unspecified atom stereocenters. The fourth-order valence-electron chi connectivity index (χ4n) is 5.91. The summed E-state index contributed by atoms with van der Waals surface area (Å²) >= 11 is 0. The third-order valence-electron chi connectivity index (χ3n) is 7.38. The topological polar surface area (TPSA) is 91.6 Å². The number of carbonyl (C=O) groups is 2. The molecule has 0 aromatic carbocycles. The number of aromatic nitrogens is 1. The molecule has 4 rings (SSSR count). The van der Waals surface area contributed by atoms with Crippen molar-refractivity contribution in [3.05, 3.63) is 39.8 Å². The first-order valence-corrected chi connectivity index (χ1v) is 11.5. The Kier molecular flexibility index (Phi) is 6.32. The van der Waals surface area contributed by atoms with Gasteiger partial charge >= 0.3 is 0 Å². The highest BCUT2D eigenvalue weighted by Gasteiger charge is 2.56. The summed E-state index contributed by atoms with van der Waals surface area (Å²) in [5.74, 6) is -0.727. The lowest BCUT2D eigenvalue weighted by Gasteiger charge is -2.37. The predicted octanol–water partition coefficient (Wildman–Crippen LogP) is 2.09. The SMILES string of the molecule is CC=Cc1ccc2n(c1=O)C[C@H]1[C@H](CO)[C@@H](C(=O)NCC3CCCCC3)[C@@H]2N1C(C)=O. The van der Waals surface area contributed by atoms with Gasteiger partial charge in [0.15, 0.2) is 0 Å². The third-order valence-corrected chi connectivity index (χ3v) is 7.38. The van der Waals surface area contributed by atoms with E-state index in [2.05, 4.69) is 5.32 Å². The number of aliphatic hydroxyl groups is 1. The lowest BCUT2D eigenvalue weighted by Crippen LogP contribution is -2.48. The fraction of sp³-hybridized carbons (Fsp3) is 0.625. The van der Waals surface area contributed by atoms with Crippen LogP contribution < -0.4 is 10.9 Å². The Balaban J connectivity index is 1.68. The number of aliphatic hydroxyl groups excluding tert-OH is 1. The van der Waals surface area contributed by atoms with E-state index in [0.29, 0.717) is 30.3 Å². The van der Waals surface area contributed by atoms with Crippen molar-refractivity contribution in [2.24, 2.45) is 17.8 Å². The average Bonchev–Trinajstić information content (AvgIpc) is 3.02. The predicted molar refractivity (Wildman–Crippen MR) is 118 cm³/mol. The summed E-state index contributed by atoms with van der Waals surface area (Å²) in [7, 11) is 0. The Morgan fingerprint density at radius 2 is 1.97 bits per heavy atom. The molecule has 1 saturated heterocycles. The molecule has 2 bridgehead atoms. The molecular weight excluding hydrogens is 394 g/mol. The van der Waals surface area contributed by atoms with Gasteiger partial charge < -0.3 is 19.9 Å². The van der Waals surface area contributed by atoms with Crippen LogP contribution in [0.5, 0.6) is 0 Å². The van der Waals surface area contributed by atoms with Gasteiger partial charge in [0.2, 0.25) is 11.8 Å². The van der Waals surface area contributed by atoms with Crippen molar-refractivity contribution in [3.63, 3.8) is 0 Å². The second-order valence-electron chi connectivity index (χ2n) is 9.19. The average molecular weight is 428 g/mol. The van der Waals surface area contributed by atoms with Gasteiger partial charge in [0, 0.05) is 43.8 Å². The molecule has 7 heteroatoms. The maximum atomic E-state index is 13.4. The van der Waals surface area contributed by atoms with Gasteiger partial charge in [0.05, 0.1) is 18.0 Å². The van der Waals surface area contributed by atoms with E-state index >= 15 is 0 Å². The molecule has 1 aromatic heterocycles. The molecule has 3 heterocycles. The van der Waals surface area contributed by atoms with Crippen LogP contribution in [0.1, 0.15) is 63.3 Å². The first kappa shape index (κ1) is 21.8. The van der Waals surface area contributed by atoms with E-state index in [4.69, 9.17) is 0 Å². The second kappa shape index (κ2) is 8.99. The van der Waals surface area contributed by atoms with E-state index in [0.717, 1.165) is 12.8 Å². The van der Waals surface area contributed by atoms with Crippen LogP contribution in [0.4, 0.5) is 0 Å². The van der Waals surface area contributed by atoms with Crippen LogP contribution in [-0.2, 0) is 16.1 Å². The molecule has 2 fully saturated rings. The van der Waals surface area contributed by atoms with Gasteiger partial charge in [0.25, 0.3) is 5.56 Å². The van der Waals surface area contributed by atoms with E-state index in [9.17, 15) is 19.5 Å². The Bertz CT molecular complexity index is 931. The standard InChI is InChI=1S/C24H33N3O4/c1-3-7-17-10-11-19-22-21(23(30)25-12-16-8-5-4-6-9-16)18(14-28)20(27(22)15(2)29)13-26(19)24(17)31/h3,7,10-11,16,18,20-22,28H,4-6,8-9,12-14H2,1-2H3,(H,25,30)/t18-,20-,21+,22+/m0/s1. The number of allylic oxidation sites excluding steroid dienone is 1. The van der Waals surface area contributed by atoms with Crippen LogP contribution >= 0.6 is 0 Å². The zero-order valence-electron chi connectivity index (χ0n) is 18.4. The summed E-state index contributed by atoms with van der Waals surface area (Å²) in [4.78, 5) is 40.7. The summed E-state index contributed by atoms with van der Waals surface area (Å²) in [5.41, 5.74) is 1.15. The molecule has 31 heavy (non-hydrogen) atoms. The number of hydrogen-bond donors (Lipinski definition) is 2. The first-order chi connectivity index (χ1) is 15.0. The smallest absolute Gasteiger partial charge is 0.258 e. The van der Waals surface area contributed by atoms with Gasteiger partial charge in [-0.1, -0.05) is 31.4 Å². The molecule has 2 N–H and O–H groups in total. The van der Waals surface area contributed by atoms with Crippen molar-refractivity contribution in [2.75, 3.05) is 13.2 Å². The highest BCUT2D eigenvalue weighted by Crippen LogP contribution is 2.48. The number of nitrogens with zero attached hydrogens (tertiary/aromatic N) is 2. The van der Waals surface area contributed by atoms with Gasteiger partial charge in [-0.2, -0.15) is 0 Å². The van der Waals surface area contributed by atoms with Crippen molar-refractivity contribution in [1.29, 1.82) is 0 Å². The highest BCUT2D eigenvalue weighted by atomic mass is 16.3. The highest BCUT2D eigenvalue weighted by molar-refractivity contribution is 5.83. The molecular formula is C24H33N3O4. The Morgan fingerprint density at radius 3 is 2.61 bits per heavy atom. The molecule has 7 nitrogen and oxygen atoms in total. The third kappa shape index (κ3) is 3.84. The van der Waals surface area contributed by atoms with Gasteiger partial charge in [-0.05, 0) is 37.8 Å². The summed E-state index contributed by atoms with van der Waals surface area (Å²) in [5, 5.41) is 13.3. The fourth-order valence-corrected chi connectivity index (χ4v) is 5.91. The van der Waals surface area contributed by atoms with E-state index < -0.39 is 17.9 Å². The number of fused-ring (bicyclic) bond motifs is 4. The van der Waals surface area contributed by atoms with Gasteiger partial charge in [-0.25, -0.2) is 0 Å². The van der Waals surface area contributed by atoms with Crippen LogP contribution in [0.25, 0.3) is 6.08 Å². The van der Waals surface area contributed by atoms with E-state index in [1.165, 1.54) is 26.2 Å². The molecule has 1 aliphatic carbocycles. The number of hydrogen-bond acceptors (Lipinski definition) is 4. The van der Waals surface area contributed by atoms with Crippen LogP contribution in [0.15, 0.2) is 23.0 Å². The molecule has 1 saturated carbocycles. The lowest BCUT2D eigenvalue weighted by atomic mass is 9.85. The van der Waals surface area contributed by atoms with Gasteiger partial charge in [-0.3, -0.25) is 14.4 Å². The summed E-state index contributed by atoms with van der Waals surface area (Å²) in [6.45, 7) is 4.10. The molecule has 0 spiro atoms. The Morgan fingerprint density at radius 1 is 1.23 bits per heavy atom. The lowest BCUT2D eigenvalue weighted by molar-refractivity contribution is -0.134. The van der Waals surface area contributed by atoms with E-state index in [1.54, 1.807) is 21.6 Å². The summed E-state index contributed by atoms with van der Waals surface area (Å²) in [6.07, 6.45) is 9.52. The van der Waals surface area contributed by atoms with Crippen LogP contribution in [0.2, 0.25) is 0 Å². The Labute approximate surface area is 183 Å². The first-order valence-electron chi connectivity index (χ1n) is 11.5.